The molecule has 4 N–H and O–H groups in total. The van der Waals surface area contributed by atoms with Gasteiger partial charge in [0, 0.05) is 0 Å². The number of aromatic nitrogens is 4. The molecular weight excluding hydrogens is 544 g/mol. The van der Waals surface area contributed by atoms with Gasteiger partial charge in [0.05, 0.1) is 67.2 Å². The Labute approximate surface area is 224 Å². The third-order valence-corrected chi connectivity index (χ3v) is 8.53. The number of nitrogens with one attached hydrogen (secondary N) is 4. The van der Waals surface area contributed by atoms with Crippen molar-refractivity contribution < 1.29 is 35.1 Å². The Balaban J connectivity index is 1.96. The van der Waals surface area contributed by atoms with E-state index < -0.39 is 114 Å². The van der Waals surface area contributed by atoms with Crippen LogP contribution in [0.4, 0.5) is 35.1 Å². The van der Waals surface area contributed by atoms with Crippen LogP contribution in [0.3, 0.4) is 0 Å². The second kappa shape index (κ2) is 8.07. The van der Waals surface area contributed by atoms with Crippen LogP contribution in [0.25, 0.3) is 0 Å². The molecular formula is C28H28F8N4. The maximum Gasteiger partial charge on any atom is 0.180 e. The maximum atomic E-state index is 15.5. The fourth-order valence-corrected chi connectivity index (χ4v) is 5.76. The van der Waals surface area contributed by atoms with Crippen LogP contribution in [0.15, 0.2) is 0 Å². The smallest absolute Gasteiger partial charge is 0.180 e. The lowest BCUT2D eigenvalue weighted by molar-refractivity contribution is 0.443. The molecule has 5 heterocycles. The van der Waals surface area contributed by atoms with E-state index in [1.165, 1.54) is 55.4 Å². The Kier molecular flexibility index (Phi) is 5.67. The summed E-state index contributed by atoms with van der Waals surface area (Å²) in [6, 6.07) is 0. The molecule has 1 aliphatic heterocycles. The second-order valence-electron chi connectivity index (χ2n) is 12.5. The molecule has 0 spiro atoms. The Morgan fingerprint density at radius 2 is 0.375 bits per heavy atom. The lowest BCUT2D eigenvalue weighted by Gasteiger charge is -2.27. The summed E-state index contributed by atoms with van der Waals surface area (Å²) in [5, 5.41) is 0. The molecule has 0 radical (unpaired) electrons. The third kappa shape index (κ3) is 3.30. The molecule has 0 saturated carbocycles. The van der Waals surface area contributed by atoms with Crippen LogP contribution >= 0.6 is 0 Å². The van der Waals surface area contributed by atoms with Crippen LogP contribution < -0.4 is 0 Å². The molecule has 0 fully saturated rings. The van der Waals surface area contributed by atoms with Crippen LogP contribution in [-0.2, 0) is 21.7 Å². The first-order chi connectivity index (χ1) is 18.2. The highest BCUT2D eigenvalue weighted by atomic mass is 19.2. The minimum absolute atomic E-state index is 0.503. The van der Waals surface area contributed by atoms with Gasteiger partial charge in [-0.3, -0.25) is 0 Å². The number of hydrogen-bond donors (Lipinski definition) is 4. The summed E-state index contributed by atoms with van der Waals surface area (Å²) in [6.45, 7) is 10.3. The number of halogens is 8. The van der Waals surface area contributed by atoms with Gasteiger partial charge in [-0.25, -0.2) is 35.1 Å². The summed E-state index contributed by atoms with van der Waals surface area (Å²) >= 11 is 0. The Morgan fingerprint density at radius 1 is 0.275 bits per heavy atom. The van der Waals surface area contributed by atoms with E-state index in [2.05, 4.69) is 19.9 Å². The molecule has 12 heteroatoms. The molecule has 0 atom stereocenters. The first-order valence-electron chi connectivity index (χ1n) is 12.5. The molecule has 1 aliphatic rings. The molecule has 0 saturated heterocycles. The quantitative estimate of drug-likeness (QED) is 0.156. The number of fused-ring (bicyclic) bond motifs is 8. The van der Waals surface area contributed by atoms with Gasteiger partial charge < -0.3 is 19.9 Å². The molecule has 4 aromatic heterocycles. The van der Waals surface area contributed by atoms with E-state index in [4.69, 9.17) is 0 Å². The van der Waals surface area contributed by atoms with Crippen molar-refractivity contribution in [2.45, 2.75) is 77.0 Å². The fraction of sp³-hybridized carbons (Fsp3) is 0.429. The van der Waals surface area contributed by atoms with E-state index >= 15 is 35.1 Å². The molecule has 4 aromatic rings. The summed E-state index contributed by atoms with van der Waals surface area (Å²) in [6.07, 6.45) is 0. The summed E-state index contributed by atoms with van der Waals surface area (Å²) in [7, 11) is 0. The van der Waals surface area contributed by atoms with Gasteiger partial charge in [-0.15, -0.1) is 0 Å². The minimum atomic E-state index is -1.78. The van der Waals surface area contributed by atoms with E-state index in [0.29, 0.717) is 0 Å². The molecule has 8 bridgehead atoms. The highest BCUT2D eigenvalue weighted by Gasteiger charge is 2.47. The molecule has 5 rings (SSSR count). The Hall–Kier alpha value is -3.44. The predicted molar refractivity (Wildman–Crippen MR) is 131 cm³/mol. The summed E-state index contributed by atoms with van der Waals surface area (Å²) in [4.78, 5) is 10.3. The van der Waals surface area contributed by atoms with Crippen LogP contribution in [0.5, 0.6) is 0 Å². The van der Waals surface area contributed by atoms with Crippen molar-refractivity contribution in [3.63, 3.8) is 0 Å². The number of hydrogen-bond acceptors (Lipinski definition) is 0. The van der Waals surface area contributed by atoms with Gasteiger partial charge in [0.25, 0.3) is 0 Å². The molecule has 0 aliphatic carbocycles. The zero-order valence-corrected chi connectivity index (χ0v) is 23.0. The van der Waals surface area contributed by atoms with Gasteiger partial charge in [0.2, 0.25) is 0 Å². The van der Waals surface area contributed by atoms with Crippen molar-refractivity contribution in [2.75, 3.05) is 0 Å². The van der Waals surface area contributed by atoms with Crippen LogP contribution in [0, 0.1) is 46.5 Å². The second-order valence-corrected chi connectivity index (χ2v) is 12.5. The van der Waals surface area contributed by atoms with Crippen LogP contribution in [-0.4, -0.2) is 19.9 Å². The average molecular weight is 573 g/mol. The van der Waals surface area contributed by atoms with Crippen molar-refractivity contribution in [2.24, 2.45) is 0 Å². The monoisotopic (exact) mass is 572 g/mol. The predicted octanol–water partition coefficient (Wildman–Crippen LogP) is 7.73. The largest absolute Gasteiger partial charge is 0.356 e. The summed E-state index contributed by atoms with van der Waals surface area (Å²) in [5.41, 5.74) is -11.2. The standard InChI is InChI=1S/C28H28F8N4/c1-25(2)17-9(29)11(31)19(37-17)26(3,4)21-13(33)15(35)23(39-21)28(7,8)24-16(36)14(34)22(40-24)27(5,6)20-12(32)10(30)18(25)38-20/h37-40H,1-8H3. The topological polar surface area (TPSA) is 63.2 Å². The van der Waals surface area contributed by atoms with Gasteiger partial charge in [0.15, 0.2) is 46.5 Å². The van der Waals surface area contributed by atoms with E-state index in [-0.39, 0.29) is 0 Å². The zero-order chi connectivity index (χ0) is 30.1. The van der Waals surface area contributed by atoms with Crippen molar-refractivity contribution in [1.29, 1.82) is 0 Å². The van der Waals surface area contributed by atoms with Crippen molar-refractivity contribution >= 4 is 0 Å². The highest BCUT2D eigenvalue weighted by Crippen LogP contribution is 2.46. The van der Waals surface area contributed by atoms with Crippen molar-refractivity contribution in [3.8, 4) is 0 Å². The van der Waals surface area contributed by atoms with Gasteiger partial charge >= 0.3 is 0 Å². The van der Waals surface area contributed by atoms with Gasteiger partial charge in [-0.05, 0) is 55.4 Å². The lowest BCUT2D eigenvalue weighted by Crippen LogP contribution is -2.27. The minimum Gasteiger partial charge on any atom is -0.356 e. The first-order valence-corrected chi connectivity index (χ1v) is 12.5. The van der Waals surface area contributed by atoms with E-state index in [0.717, 1.165) is 0 Å². The van der Waals surface area contributed by atoms with Gasteiger partial charge in [-0.1, -0.05) is 0 Å². The van der Waals surface area contributed by atoms with Crippen molar-refractivity contribution in [3.05, 3.63) is 92.1 Å². The van der Waals surface area contributed by atoms with Crippen LogP contribution in [0.2, 0.25) is 0 Å². The molecule has 0 amide bonds. The Morgan fingerprint density at radius 3 is 0.475 bits per heavy atom. The molecule has 0 aromatic carbocycles. The van der Waals surface area contributed by atoms with Gasteiger partial charge in [0.1, 0.15) is 0 Å². The SMILES string of the molecule is CC1(C)c2[nH]c(c(F)c2F)C(C)(C)c2[nH]c(c(F)c2F)C(C)(C)c2[nH]c(c(F)c2F)C(C)(C)c2[nH]c1c(F)c2F. The van der Waals surface area contributed by atoms with E-state index in [1.54, 1.807) is 0 Å². The summed E-state index contributed by atoms with van der Waals surface area (Å²) < 4.78 is 124. The van der Waals surface area contributed by atoms with Crippen LogP contribution in [0.1, 0.15) is 101 Å². The molecule has 0 unspecified atom stereocenters. The number of rotatable bonds is 0. The van der Waals surface area contributed by atoms with E-state index in [9.17, 15) is 0 Å². The van der Waals surface area contributed by atoms with Gasteiger partial charge in [-0.2, -0.15) is 0 Å². The fourth-order valence-electron chi connectivity index (χ4n) is 5.76. The third-order valence-electron chi connectivity index (χ3n) is 8.53. The summed E-state index contributed by atoms with van der Waals surface area (Å²) in [5.74, 6) is -11.4. The molecule has 40 heavy (non-hydrogen) atoms. The van der Waals surface area contributed by atoms with E-state index in [1.807, 2.05) is 0 Å². The maximum absolute atomic E-state index is 15.5. The average Bonchev–Trinajstić information content (AvgIpc) is 3.54. The number of aromatic amines is 4. The Bertz CT molecular complexity index is 1340. The molecule has 216 valence electrons. The lowest BCUT2D eigenvalue weighted by atomic mass is 9.85. The van der Waals surface area contributed by atoms with Crippen molar-refractivity contribution in [1.82, 2.24) is 19.9 Å². The normalized spacial score (nSPS) is 18.8. The number of H-pyrrole nitrogens is 4. The highest BCUT2D eigenvalue weighted by molar-refractivity contribution is 5.46. The first kappa shape index (κ1) is 28.1. The molecule has 4 nitrogen and oxygen atoms in total. The zero-order valence-electron chi connectivity index (χ0n) is 23.0.